The van der Waals surface area contributed by atoms with Crippen LogP contribution in [0.25, 0.3) is 21.8 Å². The minimum Gasteiger partial charge on any atom is -0.497 e. The number of nitrogens with one attached hydrogen (secondary N) is 1. The van der Waals surface area contributed by atoms with Crippen molar-refractivity contribution in [3.05, 3.63) is 41.4 Å². The van der Waals surface area contributed by atoms with Gasteiger partial charge in [0, 0.05) is 21.8 Å². The van der Waals surface area contributed by atoms with E-state index in [1.807, 2.05) is 30.3 Å². The normalized spacial score (nSPS) is 12.7. The molecular weight excluding hydrogens is 358 g/mol. The predicted octanol–water partition coefficient (Wildman–Crippen LogP) is 5.58. The topological polar surface area (TPSA) is 37.4 Å². The van der Waals surface area contributed by atoms with Gasteiger partial charge in [-0.25, -0.2) is 4.98 Å². The molecular formula is C22H28ClN3O. The van der Waals surface area contributed by atoms with Gasteiger partial charge in [-0.1, -0.05) is 18.5 Å². The highest BCUT2D eigenvalue weighted by molar-refractivity contribution is 6.31. The van der Waals surface area contributed by atoms with Gasteiger partial charge in [0.1, 0.15) is 5.75 Å². The molecule has 0 radical (unpaired) electrons. The molecule has 1 N–H and O–H groups in total. The lowest BCUT2D eigenvalue weighted by Gasteiger charge is -2.20. The molecule has 0 saturated heterocycles. The molecule has 3 rings (SSSR count). The predicted molar refractivity (Wildman–Crippen MR) is 116 cm³/mol. The van der Waals surface area contributed by atoms with E-state index in [0.29, 0.717) is 11.1 Å². The van der Waals surface area contributed by atoms with Gasteiger partial charge in [-0.15, -0.1) is 0 Å². The fraction of sp³-hybridized carbons (Fsp3) is 0.409. The summed E-state index contributed by atoms with van der Waals surface area (Å²) in [6.07, 6.45) is 2.27. The molecule has 0 aliphatic heterocycles. The molecule has 4 nitrogen and oxygen atoms in total. The maximum absolute atomic E-state index is 6.20. The summed E-state index contributed by atoms with van der Waals surface area (Å²) in [6, 6.07) is 12.2. The van der Waals surface area contributed by atoms with Crippen LogP contribution in [0, 0.1) is 0 Å². The van der Waals surface area contributed by atoms with Crippen molar-refractivity contribution in [3.63, 3.8) is 0 Å². The number of benzene rings is 2. The molecule has 0 fully saturated rings. The average Bonchev–Trinajstić information content (AvgIpc) is 2.67. The Morgan fingerprint density at radius 3 is 2.70 bits per heavy atom. The Kier molecular flexibility index (Phi) is 6.40. The van der Waals surface area contributed by atoms with Crippen molar-refractivity contribution in [2.75, 3.05) is 32.6 Å². The summed E-state index contributed by atoms with van der Waals surface area (Å²) in [4.78, 5) is 7.14. The Morgan fingerprint density at radius 2 is 1.96 bits per heavy atom. The van der Waals surface area contributed by atoms with Crippen molar-refractivity contribution in [3.8, 4) is 5.75 Å². The first kappa shape index (κ1) is 19.7. The number of nitrogens with zero attached hydrogens (tertiary/aromatic N) is 2. The van der Waals surface area contributed by atoms with Gasteiger partial charge in [-0.2, -0.15) is 0 Å². The Morgan fingerprint density at radius 1 is 1.15 bits per heavy atom. The third kappa shape index (κ3) is 4.63. The second kappa shape index (κ2) is 8.77. The largest absolute Gasteiger partial charge is 0.497 e. The monoisotopic (exact) mass is 385 g/mol. The first-order chi connectivity index (χ1) is 13.0. The number of hydrogen-bond donors (Lipinski definition) is 1. The summed E-state index contributed by atoms with van der Waals surface area (Å²) in [5.41, 5.74) is 2.94. The van der Waals surface area contributed by atoms with Gasteiger partial charge in [0.05, 0.1) is 23.8 Å². The van der Waals surface area contributed by atoms with Crippen molar-refractivity contribution in [2.45, 2.75) is 32.7 Å². The van der Waals surface area contributed by atoms with Crippen LogP contribution in [0.15, 0.2) is 36.4 Å². The van der Waals surface area contributed by atoms with Gasteiger partial charge in [-0.05, 0) is 76.3 Å². The number of rotatable bonds is 8. The third-order valence-electron chi connectivity index (χ3n) is 5.05. The maximum Gasteiger partial charge on any atom is 0.119 e. The first-order valence-corrected chi connectivity index (χ1v) is 9.91. The minimum atomic E-state index is 0.353. The highest BCUT2D eigenvalue weighted by Gasteiger charge is 2.13. The Balaban J connectivity index is 1.96. The van der Waals surface area contributed by atoms with E-state index in [-0.39, 0.29) is 0 Å². The fourth-order valence-electron chi connectivity index (χ4n) is 3.32. The van der Waals surface area contributed by atoms with E-state index in [9.17, 15) is 0 Å². The van der Waals surface area contributed by atoms with Crippen molar-refractivity contribution in [1.29, 1.82) is 0 Å². The van der Waals surface area contributed by atoms with Crippen LogP contribution in [0.4, 0.5) is 5.69 Å². The van der Waals surface area contributed by atoms with Gasteiger partial charge < -0.3 is 15.0 Å². The zero-order chi connectivity index (χ0) is 19.4. The summed E-state index contributed by atoms with van der Waals surface area (Å²) in [7, 11) is 3.85. The van der Waals surface area contributed by atoms with Crippen LogP contribution in [0.1, 0.15) is 26.7 Å². The molecule has 0 amide bonds. The molecule has 0 saturated carbocycles. The third-order valence-corrected chi connectivity index (χ3v) is 5.29. The molecule has 0 aliphatic rings. The number of methoxy groups -OCH3 is 1. The second-order valence-corrected chi connectivity index (χ2v) is 7.55. The average molecular weight is 386 g/mol. The zero-order valence-corrected chi connectivity index (χ0v) is 17.3. The number of aromatic nitrogens is 1. The molecule has 3 aromatic rings. The van der Waals surface area contributed by atoms with Crippen LogP contribution in [0.3, 0.4) is 0 Å². The highest BCUT2D eigenvalue weighted by atomic mass is 35.5. The van der Waals surface area contributed by atoms with E-state index >= 15 is 0 Å². The molecule has 2 aromatic carbocycles. The van der Waals surface area contributed by atoms with Crippen molar-refractivity contribution in [1.82, 2.24) is 9.88 Å². The SMILES string of the molecule is CCN(C)CCCC(C)Nc1c2ccc(Cl)cc2nc2ccc(OC)cc12. The summed E-state index contributed by atoms with van der Waals surface area (Å²) >= 11 is 6.20. The van der Waals surface area contributed by atoms with Gasteiger partial charge in [0.25, 0.3) is 0 Å². The van der Waals surface area contributed by atoms with Crippen molar-refractivity contribution >= 4 is 39.1 Å². The Bertz CT molecular complexity index is 928. The van der Waals surface area contributed by atoms with E-state index in [1.54, 1.807) is 7.11 Å². The van der Waals surface area contributed by atoms with Crippen LogP contribution in [-0.4, -0.2) is 43.2 Å². The summed E-state index contributed by atoms with van der Waals surface area (Å²) in [5.74, 6) is 0.831. The lowest BCUT2D eigenvalue weighted by atomic mass is 10.1. The number of pyridine rings is 1. The van der Waals surface area contributed by atoms with Crippen LogP contribution in [-0.2, 0) is 0 Å². The van der Waals surface area contributed by atoms with E-state index in [0.717, 1.165) is 59.2 Å². The number of halogens is 1. The number of ether oxygens (including phenoxy) is 1. The van der Waals surface area contributed by atoms with E-state index in [1.165, 1.54) is 0 Å². The summed E-state index contributed by atoms with van der Waals surface area (Å²) < 4.78 is 5.43. The number of anilines is 1. The summed E-state index contributed by atoms with van der Waals surface area (Å²) in [5, 5.41) is 6.58. The zero-order valence-electron chi connectivity index (χ0n) is 16.6. The lowest BCUT2D eigenvalue weighted by Crippen LogP contribution is -2.22. The number of fused-ring (bicyclic) bond motifs is 2. The molecule has 1 heterocycles. The first-order valence-electron chi connectivity index (χ1n) is 9.54. The molecule has 0 spiro atoms. The second-order valence-electron chi connectivity index (χ2n) is 7.11. The molecule has 1 atom stereocenters. The highest BCUT2D eigenvalue weighted by Crippen LogP contribution is 2.34. The van der Waals surface area contributed by atoms with Gasteiger partial charge in [0.15, 0.2) is 0 Å². The maximum atomic E-state index is 6.20. The van der Waals surface area contributed by atoms with Crippen LogP contribution in [0.5, 0.6) is 5.75 Å². The van der Waals surface area contributed by atoms with Gasteiger partial charge in [0.2, 0.25) is 0 Å². The van der Waals surface area contributed by atoms with Gasteiger partial charge in [-0.3, -0.25) is 0 Å². The molecule has 0 bridgehead atoms. The molecule has 144 valence electrons. The molecule has 1 unspecified atom stereocenters. The smallest absolute Gasteiger partial charge is 0.119 e. The van der Waals surface area contributed by atoms with Crippen molar-refractivity contribution in [2.24, 2.45) is 0 Å². The number of hydrogen-bond acceptors (Lipinski definition) is 4. The fourth-order valence-corrected chi connectivity index (χ4v) is 3.49. The van der Waals surface area contributed by atoms with Crippen molar-refractivity contribution < 1.29 is 4.74 Å². The molecule has 27 heavy (non-hydrogen) atoms. The van der Waals surface area contributed by atoms with Crippen LogP contribution >= 0.6 is 11.6 Å². The van der Waals surface area contributed by atoms with Crippen LogP contribution in [0.2, 0.25) is 5.02 Å². The quantitative estimate of drug-likeness (QED) is 0.513. The van der Waals surface area contributed by atoms with E-state index < -0.39 is 0 Å². The Hall–Kier alpha value is -2.04. The summed E-state index contributed by atoms with van der Waals surface area (Å²) in [6.45, 7) is 6.63. The molecule has 0 aliphatic carbocycles. The lowest BCUT2D eigenvalue weighted by molar-refractivity contribution is 0.340. The standard InChI is InChI=1S/C22H28ClN3O/c1-5-26(3)12-6-7-15(2)24-22-18-10-8-16(23)13-21(18)25-20-11-9-17(27-4)14-19(20)22/h8-11,13-15H,5-7,12H2,1-4H3,(H,24,25). The van der Waals surface area contributed by atoms with E-state index in [4.69, 9.17) is 21.3 Å². The van der Waals surface area contributed by atoms with E-state index in [2.05, 4.69) is 37.2 Å². The minimum absolute atomic E-state index is 0.353. The van der Waals surface area contributed by atoms with Crippen LogP contribution < -0.4 is 10.1 Å². The molecule has 5 heteroatoms. The molecule has 1 aromatic heterocycles. The van der Waals surface area contributed by atoms with Gasteiger partial charge >= 0.3 is 0 Å². The Labute approximate surface area is 166 Å².